The highest BCUT2D eigenvalue weighted by atomic mass is 32.1. The maximum Gasteiger partial charge on any atom is 0.410 e. The molecule has 13 nitrogen and oxygen atoms in total. The molecule has 2 aliphatic heterocycles. The molecule has 2 saturated heterocycles. The van der Waals surface area contributed by atoms with E-state index >= 15 is 0 Å². The molecule has 0 unspecified atom stereocenters. The number of unbranched alkanes of at least 4 members (excludes halogenated alkanes) is 1. The molecule has 2 aliphatic rings. The average Bonchev–Trinajstić information content (AvgIpc) is 3.77. The van der Waals surface area contributed by atoms with Crippen LogP contribution in [-0.4, -0.2) is 100 Å². The molecule has 0 aromatic carbocycles. The van der Waals surface area contributed by atoms with E-state index in [-0.39, 0.29) is 17.7 Å². The summed E-state index contributed by atoms with van der Waals surface area (Å²) < 4.78 is 19.9. The molecule has 48 heavy (non-hydrogen) atoms. The van der Waals surface area contributed by atoms with Crippen molar-refractivity contribution in [1.29, 1.82) is 0 Å². The Morgan fingerprint density at radius 1 is 1.17 bits per heavy atom. The van der Waals surface area contributed by atoms with Crippen LogP contribution < -0.4 is 11.1 Å². The summed E-state index contributed by atoms with van der Waals surface area (Å²) in [4.78, 5) is 47.3. The van der Waals surface area contributed by atoms with Crippen LogP contribution in [0.2, 0.25) is 5.82 Å². The lowest BCUT2D eigenvalue weighted by molar-refractivity contribution is -0.170. The number of Topliss-reactive ketones (excluding diaryl/α,β-unsaturated/α-hetero) is 1. The Morgan fingerprint density at radius 3 is 2.52 bits per heavy atom. The van der Waals surface area contributed by atoms with Crippen molar-refractivity contribution in [3.8, 4) is 10.6 Å². The number of aromatic nitrogens is 4. The summed E-state index contributed by atoms with van der Waals surface area (Å²) in [6, 6.07) is -0.641. The van der Waals surface area contributed by atoms with E-state index in [1.165, 1.54) is 11.3 Å². The first-order valence-electron chi connectivity index (χ1n) is 17.0. The highest BCUT2D eigenvalue weighted by Crippen LogP contribution is 2.40. The second-order valence-electron chi connectivity index (χ2n) is 14.0. The number of hydrogen-bond donors (Lipinski definition) is 2. The summed E-state index contributed by atoms with van der Waals surface area (Å²) in [5.74, 6) is -3.06. The van der Waals surface area contributed by atoms with Gasteiger partial charge in [0.05, 0.1) is 30.6 Å². The molecule has 2 aromatic rings. The predicted molar refractivity (Wildman–Crippen MR) is 184 cm³/mol. The monoisotopic (exact) mass is 685 g/mol. The number of anilines is 1. The number of ether oxygens (including phenoxy) is 3. The second kappa shape index (κ2) is 15.7. The van der Waals surface area contributed by atoms with Gasteiger partial charge in [0.1, 0.15) is 23.5 Å². The Hall–Kier alpha value is -3.04. The molecule has 4 rings (SSSR count). The Balaban J connectivity index is 1.53. The molecule has 2 aromatic heterocycles. The van der Waals surface area contributed by atoms with Crippen molar-refractivity contribution in [3.05, 3.63) is 12.4 Å². The van der Waals surface area contributed by atoms with E-state index in [4.69, 9.17) is 27.8 Å². The second-order valence-corrected chi connectivity index (χ2v) is 15.0. The molecule has 264 valence electrons. The largest absolute Gasteiger partial charge is 0.458 e. The summed E-state index contributed by atoms with van der Waals surface area (Å²) in [5, 5.41) is 12.6. The number of carbonyl (C=O) groups is 3. The van der Waals surface area contributed by atoms with E-state index < -0.39 is 53.1 Å². The van der Waals surface area contributed by atoms with Crippen molar-refractivity contribution in [1.82, 2.24) is 30.2 Å². The van der Waals surface area contributed by atoms with Gasteiger partial charge in [0.2, 0.25) is 0 Å². The fourth-order valence-electron chi connectivity index (χ4n) is 7.35. The molecular weight excluding hydrogens is 633 g/mol. The zero-order valence-corrected chi connectivity index (χ0v) is 30.4. The van der Waals surface area contributed by atoms with E-state index in [1.54, 1.807) is 36.7 Å². The summed E-state index contributed by atoms with van der Waals surface area (Å²) in [6.45, 7) is 14.8. The summed E-state index contributed by atoms with van der Waals surface area (Å²) in [6.07, 6.45) is 5.58. The molecular formula is C33H52BN7O6S. The quantitative estimate of drug-likeness (QED) is 0.177. The minimum atomic E-state index is -1.16. The zero-order chi connectivity index (χ0) is 35.4. The molecule has 15 heteroatoms. The number of rotatable bonds is 8. The van der Waals surface area contributed by atoms with Crippen LogP contribution in [0.15, 0.2) is 12.4 Å². The van der Waals surface area contributed by atoms with Crippen molar-refractivity contribution in [3.63, 3.8) is 0 Å². The van der Waals surface area contributed by atoms with Crippen LogP contribution in [0.5, 0.6) is 0 Å². The maximum absolute atomic E-state index is 13.6. The van der Waals surface area contributed by atoms with Gasteiger partial charge in [-0.2, -0.15) is 0 Å². The third-order valence-corrected chi connectivity index (χ3v) is 11.2. The summed E-state index contributed by atoms with van der Waals surface area (Å²) in [5.41, 5.74) is 4.54. The van der Waals surface area contributed by atoms with Crippen molar-refractivity contribution >= 4 is 42.2 Å². The molecule has 1 amide bonds. The van der Waals surface area contributed by atoms with Crippen molar-refractivity contribution in [2.24, 2.45) is 17.8 Å². The fraction of sp³-hybridized carbons (Fsp3) is 0.758. The van der Waals surface area contributed by atoms with Gasteiger partial charge >= 0.3 is 12.1 Å². The molecule has 3 N–H and O–H groups in total. The number of ketones is 1. The SMILES string of the molecule is [B][C@@H]1[C@@H](C)C(=O)[C@@H](C)C(=O)O[C@H](CC)[C@@]2(C)OC(=O)N(CCCCn3cc(-c4cnc(N)s4)nn3)[C@@H]2[C@H](C)NCC[C@@H](C)C[C@@]1(C)OC. The molecule has 0 saturated carbocycles. The molecule has 0 bridgehead atoms. The molecule has 2 fully saturated rings. The lowest BCUT2D eigenvalue weighted by Gasteiger charge is -2.42. The number of fused-ring (bicyclic) bond motifs is 1. The number of carbonyl (C=O) groups excluding carboxylic acids is 3. The van der Waals surface area contributed by atoms with Crippen LogP contribution in [0.4, 0.5) is 9.93 Å². The van der Waals surface area contributed by atoms with Gasteiger partial charge in [-0.25, -0.2) is 9.78 Å². The van der Waals surface area contributed by atoms with Gasteiger partial charge in [0.25, 0.3) is 0 Å². The first-order chi connectivity index (χ1) is 22.6. The molecule has 0 spiro atoms. The summed E-state index contributed by atoms with van der Waals surface area (Å²) >= 11 is 1.35. The van der Waals surface area contributed by atoms with Gasteiger partial charge in [0, 0.05) is 38.4 Å². The van der Waals surface area contributed by atoms with Crippen molar-refractivity contribution in [2.45, 2.75) is 122 Å². The summed E-state index contributed by atoms with van der Waals surface area (Å²) in [7, 11) is 8.26. The number of esters is 1. The number of methoxy groups -OCH3 is 1. The van der Waals surface area contributed by atoms with Gasteiger partial charge in [0.15, 0.2) is 10.7 Å². The van der Waals surface area contributed by atoms with Crippen LogP contribution in [0.25, 0.3) is 10.6 Å². The van der Waals surface area contributed by atoms with Gasteiger partial charge in [-0.3, -0.25) is 19.2 Å². The van der Waals surface area contributed by atoms with E-state index in [0.29, 0.717) is 49.7 Å². The van der Waals surface area contributed by atoms with E-state index in [2.05, 4.69) is 27.5 Å². The van der Waals surface area contributed by atoms with Crippen LogP contribution >= 0.6 is 11.3 Å². The Kier molecular flexibility index (Phi) is 12.3. The van der Waals surface area contributed by atoms with Crippen LogP contribution in [0.1, 0.15) is 80.6 Å². The van der Waals surface area contributed by atoms with Gasteiger partial charge in [-0.05, 0) is 78.1 Å². The topological polar surface area (TPSA) is 164 Å². The maximum atomic E-state index is 13.6. The number of nitrogen functional groups attached to an aromatic ring is 1. The van der Waals surface area contributed by atoms with Gasteiger partial charge in [-0.1, -0.05) is 37.3 Å². The number of nitrogens with one attached hydrogen (secondary N) is 1. The van der Waals surface area contributed by atoms with E-state index in [1.807, 2.05) is 33.9 Å². The number of hydrogen-bond acceptors (Lipinski definition) is 12. The average molecular weight is 686 g/mol. The first kappa shape index (κ1) is 37.8. The minimum Gasteiger partial charge on any atom is -0.458 e. The zero-order valence-electron chi connectivity index (χ0n) is 29.6. The minimum absolute atomic E-state index is 0.200. The smallest absolute Gasteiger partial charge is 0.410 e. The third kappa shape index (κ3) is 8.05. The van der Waals surface area contributed by atoms with Crippen molar-refractivity contribution in [2.75, 3.05) is 25.9 Å². The molecule has 2 radical (unpaired) electrons. The number of thiazole rings is 1. The standard InChI is InChI=1S/C33H52BN7O6S/c1-9-25-33(7)28(41(31(44)47-33)15-11-10-14-40-18-23(38-39-40)24-17-37-30(35)48-24)22(5)36-13-12-19(2)16-32(6,45-8)27(34)20(3)26(42)21(4)29(43)46-25/h17-22,25,27-28,36H,9-16H2,1-8H3,(H2,35,37)/t19-,20+,21-,22+,25-,27-,28-,32-,33-/m1/s1. The molecule has 0 aliphatic carbocycles. The van der Waals surface area contributed by atoms with Crippen molar-refractivity contribution < 1.29 is 28.6 Å². The molecule has 4 heterocycles. The van der Waals surface area contributed by atoms with Gasteiger partial charge in [-0.15, -0.1) is 5.10 Å². The van der Waals surface area contributed by atoms with Gasteiger partial charge < -0.3 is 25.3 Å². The highest BCUT2D eigenvalue weighted by Gasteiger charge is 2.58. The fourth-order valence-corrected chi connectivity index (χ4v) is 7.98. The van der Waals surface area contributed by atoms with E-state index in [0.717, 1.165) is 17.7 Å². The van der Waals surface area contributed by atoms with Crippen LogP contribution in [0, 0.1) is 17.8 Å². The first-order valence-corrected chi connectivity index (χ1v) is 17.9. The number of nitrogens with two attached hydrogens (primary N) is 1. The number of aryl methyl sites for hydroxylation is 1. The van der Waals surface area contributed by atoms with E-state index in [9.17, 15) is 14.4 Å². The predicted octanol–water partition coefficient (Wildman–Crippen LogP) is 4.28. The number of nitrogens with zero attached hydrogens (tertiary/aromatic N) is 5. The van der Waals surface area contributed by atoms with Crippen LogP contribution in [0.3, 0.4) is 0 Å². The Bertz CT molecular complexity index is 1420. The number of amides is 1. The lowest BCUT2D eigenvalue weighted by atomic mass is 9.62. The Labute approximate surface area is 289 Å². The van der Waals surface area contributed by atoms with Crippen LogP contribution in [-0.2, 0) is 30.3 Å². The molecule has 9 atom stereocenters. The number of cyclic esters (lactones) is 1. The third-order valence-electron chi connectivity index (χ3n) is 10.4. The highest BCUT2D eigenvalue weighted by molar-refractivity contribution is 7.18. The normalized spacial score (nSPS) is 34.1. The lowest BCUT2D eigenvalue weighted by Crippen LogP contribution is -2.60. The Morgan fingerprint density at radius 2 is 1.88 bits per heavy atom.